The number of hydrogen-bond acceptors (Lipinski definition) is 3. The summed E-state index contributed by atoms with van der Waals surface area (Å²) in [6, 6.07) is 7.23. The lowest BCUT2D eigenvalue weighted by Gasteiger charge is -1.93. The van der Waals surface area contributed by atoms with Gasteiger partial charge in [0.1, 0.15) is 11.1 Å². The molecule has 0 bridgehead atoms. The zero-order valence-electron chi connectivity index (χ0n) is 7.03. The minimum Gasteiger partial charge on any atom is -0.465 e. The highest BCUT2D eigenvalue weighted by molar-refractivity contribution is 6.02. The van der Waals surface area contributed by atoms with Crippen molar-refractivity contribution in [3.63, 3.8) is 0 Å². The Balaban J connectivity index is 2.64. The van der Waals surface area contributed by atoms with Crippen LogP contribution < -0.4 is 0 Å². The van der Waals surface area contributed by atoms with Gasteiger partial charge in [0.05, 0.1) is 7.11 Å². The second-order valence-corrected chi connectivity index (χ2v) is 2.57. The Labute approximate surface area is 74.9 Å². The van der Waals surface area contributed by atoms with Gasteiger partial charge < -0.3 is 9.15 Å². The molecule has 0 atom stereocenters. The van der Waals surface area contributed by atoms with Crippen molar-refractivity contribution in [2.24, 2.45) is 0 Å². The number of methoxy groups -OCH3 is 1. The van der Waals surface area contributed by atoms with Crippen molar-refractivity contribution in [2.45, 2.75) is 0 Å². The van der Waals surface area contributed by atoms with Crippen LogP contribution in [-0.2, 0) is 4.74 Å². The highest BCUT2D eigenvalue weighted by atomic mass is 16.5. The minimum absolute atomic E-state index is 0.345. The molecule has 1 aromatic heterocycles. The van der Waals surface area contributed by atoms with Gasteiger partial charge in [0, 0.05) is 5.39 Å². The predicted molar refractivity (Wildman–Crippen MR) is 46.4 cm³/mol. The fourth-order valence-corrected chi connectivity index (χ4v) is 1.18. The highest BCUT2D eigenvalue weighted by Crippen LogP contribution is 2.20. The van der Waals surface area contributed by atoms with Gasteiger partial charge in [-0.1, -0.05) is 18.2 Å². The number of ether oxygens (including phenoxy) is 1. The van der Waals surface area contributed by atoms with Crippen LogP contribution in [0.15, 0.2) is 28.7 Å². The van der Waals surface area contributed by atoms with Crippen LogP contribution in [0.4, 0.5) is 0 Å². The Kier molecular flexibility index (Phi) is 1.77. The van der Waals surface area contributed by atoms with Gasteiger partial charge in [-0.05, 0) is 6.07 Å². The summed E-state index contributed by atoms with van der Waals surface area (Å²) in [6.45, 7) is 0. The third-order valence-corrected chi connectivity index (χ3v) is 1.81. The normalized spacial score (nSPS) is 10.2. The molecule has 1 aromatic carbocycles. The molecular weight excluding hydrogens is 168 g/mol. The van der Waals surface area contributed by atoms with Crippen molar-refractivity contribution in [3.8, 4) is 0 Å². The largest absolute Gasteiger partial charge is 0.465 e. The second-order valence-electron chi connectivity index (χ2n) is 2.57. The van der Waals surface area contributed by atoms with Crippen LogP contribution in [-0.4, -0.2) is 13.1 Å². The van der Waals surface area contributed by atoms with Crippen molar-refractivity contribution >= 4 is 16.9 Å². The molecule has 0 aliphatic rings. The number of para-hydroxylation sites is 1. The molecule has 0 spiro atoms. The molecule has 2 rings (SSSR count). The summed E-state index contributed by atoms with van der Waals surface area (Å²) in [5.41, 5.74) is 0.987. The molecule has 2 aromatic rings. The molecule has 1 heterocycles. The monoisotopic (exact) mass is 175 g/mol. The van der Waals surface area contributed by atoms with Crippen molar-refractivity contribution < 1.29 is 13.9 Å². The molecular formula is C10H7O3. The summed E-state index contributed by atoms with van der Waals surface area (Å²) < 4.78 is 9.62. The van der Waals surface area contributed by atoms with Crippen molar-refractivity contribution in [1.82, 2.24) is 0 Å². The summed E-state index contributed by atoms with van der Waals surface area (Å²) in [4.78, 5) is 11.2. The first kappa shape index (κ1) is 7.86. The number of carbonyl (C=O) groups excluding carboxylic acids is 1. The van der Waals surface area contributed by atoms with E-state index >= 15 is 0 Å². The zero-order valence-corrected chi connectivity index (χ0v) is 7.03. The van der Waals surface area contributed by atoms with Crippen LogP contribution in [0.25, 0.3) is 11.0 Å². The van der Waals surface area contributed by atoms with E-state index in [2.05, 4.69) is 11.0 Å². The highest BCUT2D eigenvalue weighted by Gasteiger charge is 2.13. The van der Waals surface area contributed by atoms with Crippen LogP contribution >= 0.6 is 0 Å². The predicted octanol–water partition coefficient (Wildman–Crippen LogP) is 2.02. The van der Waals surface area contributed by atoms with Crippen LogP contribution in [0.3, 0.4) is 0 Å². The summed E-state index contributed by atoms with van der Waals surface area (Å²) in [5.74, 6) is -0.426. The Morgan fingerprint density at radius 1 is 1.46 bits per heavy atom. The van der Waals surface area contributed by atoms with Crippen LogP contribution in [0, 0.1) is 6.26 Å². The van der Waals surface area contributed by atoms with Crippen molar-refractivity contribution in [3.05, 3.63) is 36.1 Å². The van der Waals surface area contributed by atoms with E-state index in [0.29, 0.717) is 11.1 Å². The molecule has 1 radical (unpaired) electrons. The van der Waals surface area contributed by atoms with E-state index in [1.54, 1.807) is 12.1 Å². The minimum atomic E-state index is -0.426. The van der Waals surface area contributed by atoms with Gasteiger partial charge in [-0.15, -0.1) is 0 Å². The molecule has 0 aliphatic carbocycles. The number of carbonyl (C=O) groups is 1. The smallest absolute Gasteiger partial charge is 0.342 e. The number of rotatable bonds is 1. The second kappa shape index (κ2) is 2.94. The number of furan rings is 1. The summed E-state index contributed by atoms with van der Waals surface area (Å²) in [5, 5.41) is 0.731. The number of fused-ring (bicyclic) bond motifs is 1. The van der Waals surface area contributed by atoms with Gasteiger partial charge in [0.2, 0.25) is 0 Å². The Morgan fingerprint density at radius 2 is 2.23 bits per heavy atom. The summed E-state index contributed by atoms with van der Waals surface area (Å²) in [6.07, 6.45) is 2.51. The standard InChI is InChI=1S/C10H7O3/c1-12-10(11)8-6-13-9-5-3-2-4-7(8)9/h2-5H,1H3. The molecule has 3 heteroatoms. The van der Waals surface area contributed by atoms with Gasteiger partial charge in [0.15, 0.2) is 6.26 Å². The SMILES string of the molecule is COC(=O)c1[c]oc2ccccc12. The Bertz CT molecular complexity index is 442. The van der Waals surface area contributed by atoms with Gasteiger partial charge in [-0.2, -0.15) is 0 Å². The van der Waals surface area contributed by atoms with Crippen molar-refractivity contribution in [1.29, 1.82) is 0 Å². The molecule has 13 heavy (non-hydrogen) atoms. The van der Waals surface area contributed by atoms with Gasteiger partial charge in [0.25, 0.3) is 0 Å². The van der Waals surface area contributed by atoms with E-state index in [-0.39, 0.29) is 0 Å². The van der Waals surface area contributed by atoms with Gasteiger partial charge in [-0.25, -0.2) is 4.79 Å². The quantitative estimate of drug-likeness (QED) is 0.622. The molecule has 0 aliphatic heterocycles. The third kappa shape index (κ3) is 1.18. The fraction of sp³-hybridized carbons (Fsp3) is 0.100. The lowest BCUT2D eigenvalue weighted by molar-refractivity contribution is 0.0601. The van der Waals surface area contributed by atoms with E-state index in [9.17, 15) is 4.79 Å². The van der Waals surface area contributed by atoms with Gasteiger partial charge >= 0.3 is 5.97 Å². The molecule has 0 N–H and O–H groups in total. The lowest BCUT2D eigenvalue weighted by Crippen LogP contribution is -1.99. The third-order valence-electron chi connectivity index (χ3n) is 1.81. The summed E-state index contributed by atoms with van der Waals surface area (Å²) in [7, 11) is 1.33. The van der Waals surface area contributed by atoms with Crippen LogP contribution in [0.1, 0.15) is 10.4 Å². The summed E-state index contributed by atoms with van der Waals surface area (Å²) >= 11 is 0. The molecule has 0 unspecified atom stereocenters. The maximum atomic E-state index is 11.2. The van der Waals surface area contributed by atoms with Crippen molar-refractivity contribution in [2.75, 3.05) is 7.11 Å². The zero-order chi connectivity index (χ0) is 9.26. The first-order valence-corrected chi connectivity index (χ1v) is 3.80. The van der Waals surface area contributed by atoms with E-state index in [0.717, 1.165) is 5.39 Å². The lowest BCUT2D eigenvalue weighted by atomic mass is 10.2. The maximum Gasteiger partial charge on any atom is 0.342 e. The van der Waals surface area contributed by atoms with E-state index in [4.69, 9.17) is 4.42 Å². The molecule has 3 nitrogen and oxygen atoms in total. The van der Waals surface area contributed by atoms with E-state index < -0.39 is 5.97 Å². The molecule has 0 saturated heterocycles. The molecule has 0 amide bonds. The maximum absolute atomic E-state index is 11.2. The molecule has 0 saturated carbocycles. The van der Waals surface area contributed by atoms with Crippen LogP contribution in [0.2, 0.25) is 0 Å². The fourth-order valence-electron chi connectivity index (χ4n) is 1.18. The Morgan fingerprint density at radius 3 is 3.00 bits per heavy atom. The van der Waals surface area contributed by atoms with E-state index in [1.165, 1.54) is 7.11 Å². The molecule has 0 fully saturated rings. The molecule has 65 valence electrons. The van der Waals surface area contributed by atoms with E-state index in [1.807, 2.05) is 12.1 Å². The topological polar surface area (TPSA) is 39.4 Å². The number of benzene rings is 1. The van der Waals surface area contributed by atoms with Gasteiger partial charge in [-0.3, -0.25) is 0 Å². The Hall–Kier alpha value is -1.77. The van der Waals surface area contributed by atoms with Crippen LogP contribution in [0.5, 0.6) is 0 Å². The number of hydrogen-bond donors (Lipinski definition) is 0. The average molecular weight is 175 g/mol. The number of esters is 1. The average Bonchev–Trinajstić information content (AvgIpc) is 2.60. The first-order valence-electron chi connectivity index (χ1n) is 3.80. The first-order chi connectivity index (χ1) is 6.33.